The van der Waals surface area contributed by atoms with Gasteiger partial charge in [-0.25, -0.2) is 0 Å². The molecule has 26 heavy (non-hydrogen) atoms. The van der Waals surface area contributed by atoms with Crippen LogP contribution in [0, 0.1) is 5.92 Å². The second kappa shape index (κ2) is 7.95. The Morgan fingerprint density at radius 1 is 1.27 bits per heavy atom. The van der Waals surface area contributed by atoms with Crippen molar-refractivity contribution >= 4 is 11.8 Å². The second-order valence-electron chi connectivity index (χ2n) is 6.55. The molecule has 3 rings (SSSR count). The van der Waals surface area contributed by atoms with Crippen LogP contribution >= 0.6 is 0 Å². The number of amides is 2. The summed E-state index contributed by atoms with van der Waals surface area (Å²) in [5.74, 6) is -0.178. The standard InChI is InChI=1S/C19H22N4O3/c1-13(16-6-2-3-9-20-16)22-17(24)12-23-10-4-5-15(19(23)26)18(25)21-11-14-7-8-14/h2-6,9-10,13-14H,7-8,11-12H2,1H3,(H,21,25)(H,22,24). The van der Waals surface area contributed by atoms with E-state index in [1.165, 1.54) is 16.8 Å². The molecule has 1 atom stereocenters. The molecular formula is C19H22N4O3. The number of hydrogen-bond acceptors (Lipinski definition) is 4. The summed E-state index contributed by atoms with van der Waals surface area (Å²) in [7, 11) is 0. The van der Waals surface area contributed by atoms with Gasteiger partial charge in [0.15, 0.2) is 0 Å². The number of carbonyl (C=O) groups excluding carboxylic acids is 2. The van der Waals surface area contributed by atoms with Crippen molar-refractivity contribution < 1.29 is 9.59 Å². The Hall–Kier alpha value is -2.96. The summed E-state index contributed by atoms with van der Waals surface area (Å²) in [6.07, 6.45) is 5.40. The second-order valence-corrected chi connectivity index (χ2v) is 6.55. The molecule has 0 bridgehead atoms. The molecule has 2 aromatic heterocycles. The third-order valence-electron chi connectivity index (χ3n) is 4.34. The first-order valence-electron chi connectivity index (χ1n) is 8.72. The minimum atomic E-state index is -0.471. The van der Waals surface area contributed by atoms with E-state index in [0.29, 0.717) is 12.5 Å². The maximum Gasteiger partial charge on any atom is 0.263 e. The number of nitrogens with one attached hydrogen (secondary N) is 2. The van der Waals surface area contributed by atoms with E-state index in [9.17, 15) is 14.4 Å². The first kappa shape index (κ1) is 17.8. The van der Waals surface area contributed by atoms with Crippen molar-refractivity contribution in [1.82, 2.24) is 20.2 Å². The Labute approximate surface area is 151 Å². The summed E-state index contributed by atoms with van der Waals surface area (Å²) in [6, 6.07) is 8.28. The molecule has 1 fully saturated rings. The third kappa shape index (κ3) is 4.56. The Morgan fingerprint density at radius 2 is 2.08 bits per heavy atom. The molecule has 0 radical (unpaired) electrons. The summed E-state index contributed by atoms with van der Waals surface area (Å²) in [6.45, 7) is 2.26. The molecule has 7 nitrogen and oxygen atoms in total. The number of rotatable bonds is 7. The zero-order valence-corrected chi connectivity index (χ0v) is 14.6. The Morgan fingerprint density at radius 3 is 2.77 bits per heavy atom. The normalized spacial score (nSPS) is 14.5. The fraction of sp³-hybridized carbons (Fsp3) is 0.368. The van der Waals surface area contributed by atoms with E-state index in [1.54, 1.807) is 18.3 Å². The first-order chi connectivity index (χ1) is 12.5. The van der Waals surface area contributed by atoms with Crippen molar-refractivity contribution in [1.29, 1.82) is 0 Å². The van der Waals surface area contributed by atoms with Gasteiger partial charge in [-0.15, -0.1) is 0 Å². The van der Waals surface area contributed by atoms with Crippen LogP contribution in [-0.2, 0) is 11.3 Å². The van der Waals surface area contributed by atoms with Gasteiger partial charge in [-0.1, -0.05) is 6.07 Å². The molecule has 7 heteroatoms. The zero-order valence-electron chi connectivity index (χ0n) is 14.6. The van der Waals surface area contributed by atoms with Crippen LogP contribution in [0.15, 0.2) is 47.5 Å². The van der Waals surface area contributed by atoms with Crippen molar-refractivity contribution in [3.8, 4) is 0 Å². The summed E-state index contributed by atoms with van der Waals surface area (Å²) in [5, 5.41) is 5.58. The molecule has 0 spiro atoms. The van der Waals surface area contributed by atoms with Gasteiger partial charge in [-0.05, 0) is 49.9 Å². The quantitative estimate of drug-likeness (QED) is 0.783. The fourth-order valence-electron chi connectivity index (χ4n) is 2.64. The molecule has 0 aromatic carbocycles. The van der Waals surface area contributed by atoms with Gasteiger partial charge >= 0.3 is 0 Å². The highest BCUT2D eigenvalue weighted by molar-refractivity contribution is 5.93. The molecule has 2 amide bonds. The van der Waals surface area contributed by atoms with E-state index >= 15 is 0 Å². The highest BCUT2D eigenvalue weighted by Gasteiger charge is 2.23. The number of aromatic nitrogens is 2. The predicted molar refractivity (Wildman–Crippen MR) is 96.6 cm³/mol. The largest absolute Gasteiger partial charge is 0.352 e. The minimum absolute atomic E-state index is 0.0544. The first-order valence-corrected chi connectivity index (χ1v) is 8.72. The smallest absolute Gasteiger partial charge is 0.263 e. The van der Waals surface area contributed by atoms with Gasteiger partial charge in [-0.2, -0.15) is 0 Å². The summed E-state index contributed by atoms with van der Waals surface area (Å²) in [5.41, 5.74) is 0.321. The van der Waals surface area contributed by atoms with E-state index in [2.05, 4.69) is 15.6 Å². The van der Waals surface area contributed by atoms with Crippen molar-refractivity contribution in [2.24, 2.45) is 5.92 Å². The van der Waals surface area contributed by atoms with Gasteiger partial charge in [0.1, 0.15) is 12.1 Å². The molecule has 1 saturated carbocycles. The van der Waals surface area contributed by atoms with E-state index in [4.69, 9.17) is 0 Å². The van der Waals surface area contributed by atoms with Gasteiger partial charge in [-0.3, -0.25) is 19.4 Å². The topological polar surface area (TPSA) is 93.1 Å². The molecule has 1 aliphatic rings. The van der Waals surface area contributed by atoms with Crippen molar-refractivity contribution in [2.75, 3.05) is 6.54 Å². The number of pyridine rings is 2. The van der Waals surface area contributed by atoms with Crippen molar-refractivity contribution in [2.45, 2.75) is 32.4 Å². The molecule has 0 saturated heterocycles. The number of nitrogens with zero attached hydrogens (tertiary/aromatic N) is 2. The lowest BCUT2D eigenvalue weighted by Crippen LogP contribution is -2.37. The summed E-state index contributed by atoms with van der Waals surface area (Å²) < 4.78 is 1.24. The van der Waals surface area contributed by atoms with Crippen LogP contribution in [0.1, 0.15) is 41.9 Å². The predicted octanol–water partition coefficient (Wildman–Crippen LogP) is 1.26. The molecule has 1 aliphatic carbocycles. The summed E-state index contributed by atoms with van der Waals surface area (Å²) >= 11 is 0. The molecule has 136 valence electrons. The van der Waals surface area contributed by atoms with Crippen LogP contribution in [0.25, 0.3) is 0 Å². The van der Waals surface area contributed by atoms with Gasteiger partial charge in [0, 0.05) is 18.9 Å². The molecule has 2 aromatic rings. The maximum atomic E-state index is 12.5. The van der Waals surface area contributed by atoms with Crippen LogP contribution in [0.2, 0.25) is 0 Å². The zero-order chi connectivity index (χ0) is 18.5. The molecular weight excluding hydrogens is 332 g/mol. The van der Waals surface area contributed by atoms with Gasteiger partial charge in [0.25, 0.3) is 11.5 Å². The summed E-state index contributed by atoms with van der Waals surface area (Å²) in [4.78, 5) is 41.1. The third-order valence-corrected chi connectivity index (χ3v) is 4.34. The van der Waals surface area contributed by atoms with Crippen molar-refractivity contribution in [3.05, 3.63) is 64.3 Å². The lowest BCUT2D eigenvalue weighted by atomic mass is 10.2. The SMILES string of the molecule is CC(NC(=O)Cn1cccc(C(=O)NCC2CC2)c1=O)c1ccccn1. The highest BCUT2D eigenvalue weighted by Crippen LogP contribution is 2.27. The van der Waals surface area contributed by atoms with E-state index in [-0.39, 0.29) is 24.1 Å². The molecule has 2 N–H and O–H groups in total. The van der Waals surface area contributed by atoms with Crippen molar-refractivity contribution in [3.63, 3.8) is 0 Å². The van der Waals surface area contributed by atoms with Gasteiger partial charge in [0.2, 0.25) is 5.91 Å². The average Bonchev–Trinajstić information content (AvgIpc) is 3.46. The van der Waals surface area contributed by atoms with Gasteiger partial charge in [0.05, 0.1) is 11.7 Å². The monoisotopic (exact) mass is 354 g/mol. The maximum absolute atomic E-state index is 12.5. The Kier molecular flexibility index (Phi) is 5.46. The lowest BCUT2D eigenvalue weighted by Gasteiger charge is -2.14. The van der Waals surface area contributed by atoms with E-state index < -0.39 is 11.5 Å². The molecule has 0 aliphatic heterocycles. The van der Waals surface area contributed by atoms with Crippen LogP contribution in [0.5, 0.6) is 0 Å². The van der Waals surface area contributed by atoms with Crippen LogP contribution in [-0.4, -0.2) is 27.9 Å². The van der Waals surface area contributed by atoms with E-state index in [0.717, 1.165) is 18.5 Å². The number of carbonyl (C=O) groups is 2. The average molecular weight is 354 g/mol. The lowest BCUT2D eigenvalue weighted by molar-refractivity contribution is -0.122. The molecule has 2 heterocycles. The highest BCUT2D eigenvalue weighted by atomic mass is 16.2. The number of hydrogen-bond donors (Lipinski definition) is 2. The van der Waals surface area contributed by atoms with Crippen LogP contribution < -0.4 is 16.2 Å². The minimum Gasteiger partial charge on any atom is -0.352 e. The van der Waals surface area contributed by atoms with Crippen LogP contribution in [0.4, 0.5) is 0 Å². The van der Waals surface area contributed by atoms with Gasteiger partial charge < -0.3 is 15.2 Å². The van der Waals surface area contributed by atoms with Crippen LogP contribution in [0.3, 0.4) is 0 Å². The fourth-order valence-corrected chi connectivity index (χ4v) is 2.64. The molecule has 1 unspecified atom stereocenters. The Balaban J connectivity index is 1.63. The Bertz CT molecular complexity index is 843. The van der Waals surface area contributed by atoms with E-state index in [1.807, 2.05) is 19.1 Å².